The van der Waals surface area contributed by atoms with Crippen LogP contribution in [0.5, 0.6) is 0 Å². The molecule has 2 saturated heterocycles. The van der Waals surface area contributed by atoms with Crippen LogP contribution >= 0.6 is 0 Å². The Kier molecular flexibility index (Phi) is 8.65. The number of nitrogens with two attached hydrogens (primary N) is 1. The summed E-state index contributed by atoms with van der Waals surface area (Å²) in [6, 6.07) is 14.5. The van der Waals surface area contributed by atoms with E-state index >= 15 is 0 Å². The Morgan fingerprint density at radius 2 is 1.79 bits per heavy atom. The van der Waals surface area contributed by atoms with Crippen molar-refractivity contribution in [3.63, 3.8) is 0 Å². The second kappa shape index (κ2) is 12.7. The summed E-state index contributed by atoms with van der Waals surface area (Å²) >= 11 is 0. The molecule has 1 atom stereocenters. The highest BCUT2D eigenvalue weighted by Gasteiger charge is 2.26. The molecule has 0 aliphatic carbocycles. The van der Waals surface area contributed by atoms with Gasteiger partial charge in [0.1, 0.15) is 5.82 Å². The highest BCUT2D eigenvalue weighted by atomic mass is 16.2. The molecule has 0 spiro atoms. The van der Waals surface area contributed by atoms with Crippen molar-refractivity contribution < 1.29 is 9.59 Å². The second-order valence-corrected chi connectivity index (χ2v) is 10.1. The minimum absolute atomic E-state index is 0.0740. The van der Waals surface area contributed by atoms with Gasteiger partial charge in [0.2, 0.25) is 0 Å². The molecule has 4 heterocycles. The summed E-state index contributed by atoms with van der Waals surface area (Å²) in [5.41, 5.74) is 10.2. The minimum Gasteiger partial charge on any atom is -0.384 e. The third-order valence-electron chi connectivity index (χ3n) is 7.22. The molecule has 6 N–H and O–H groups in total. The summed E-state index contributed by atoms with van der Waals surface area (Å²) in [5.74, 6) is 0.366. The molecule has 2 aromatic heterocycles. The Morgan fingerprint density at radius 3 is 2.49 bits per heavy atom. The zero-order valence-corrected chi connectivity index (χ0v) is 22.1. The molecule has 0 radical (unpaired) electrons. The number of hydrogen-bond acceptors (Lipinski definition) is 7. The largest absolute Gasteiger partial charge is 0.384 e. The predicted octanol–water partition coefficient (Wildman–Crippen LogP) is 3.30. The van der Waals surface area contributed by atoms with E-state index in [0.29, 0.717) is 30.2 Å². The summed E-state index contributed by atoms with van der Waals surface area (Å²) in [6.45, 7) is 5.01. The number of carbonyl (C=O) groups is 2. The lowest BCUT2D eigenvalue weighted by Gasteiger charge is -2.29. The molecule has 1 unspecified atom stereocenters. The van der Waals surface area contributed by atoms with Gasteiger partial charge in [-0.1, -0.05) is 24.6 Å². The van der Waals surface area contributed by atoms with Gasteiger partial charge in [-0.05, 0) is 74.8 Å². The quantitative estimate of drug-likeness (QED) is 0.287. The van der Waals surface area contributed by atoms with Gasteiger partial charge in [-0.2, -0.15) is 0 Å². The number of nitrogens with one attached hydrogen (secondary N) is 4. The van der Waals surface area contributed by atoms with Crippen LogP contribution < -0.4 is 27.0 Å². The molecular weight excluding hydrogens is 492 g/mol. The zero-order valence-electron chi connectivity index (χ0n) is 22.1. The van der Waals surface area contributed by atoms with Gasteiger partial charge < -0.3 is 31.9 Å². The van der Waals surface area contributed by atoms with Crippen molar-refractivity contribution in [3.05, 3.63) is 71.5 Å². The van der Waals surface area contributed by atoms with Crippen molar-refractivity contribution >= 4 is 23.4 Å². The number of anilines is 2. The van der Waals surface area contributed by atoms with Crippen LogP contribution in [0.1, 0.15) is 53.3 Å². The molecule has 204 valence electrons. The number of nitrogen functional groups attached to an aromatic ring is 1. The zero-order chi connectivity index (χ0) is 27.0. The maximum Gasteiger partial charge on any atom is 0.319 e. The highest BCUT2D eigenvalue weighted by Crippen LogP contribution is 2.28. The molecule has 0 bridgehead atoms. The first-order valence-electron chi connectivity index (χ1n) is 13.7. The molecular formula is C29H36N8O2. The SMILES string of the molecule is Nc1ccc(CNC(=O)Nc2ccc(-c3ccc(C(=O)NCCN4CCCCC4)c(C4CCN4)n3)cc2)cn1. The number of benzene rings is 1. The van der Waals surface area contributed by atoms with Crippen LogP contribution in [-0.4, -0.2) is 59.5 Å². The molecule has 1 aromatic carbocycles. The van der Waals surface area contributed by atoms with E-state index in [1.54, 1.807) is 12.3 Å². The van der Waals surface area contributed by atoms with Crippen LogP contribution in [0.4, 0.5) is 16.3 Å². The van der Waals surface area contributed by atoms with E-state index in [1.807, 2.05) is 42.5 Å². The fraction of sp³-hybridized carbons (Fsp3) is 0.379. The van der Waals surface area contributed by atoms with E-state index < -0.39 is 0 Å². The van der Waals surface area contributed by atoms with Crippen LogP contribution in [0.3, 0.4) is 0 Å². The molecule has 2 aliphatic heterocycles. The molecule has 3 aromatic rings. The number of likely N-dealkylation sites (tertiary alicyclic amines) is 1. The second-order valence-electron chi connectivity index (χ2n) is 10.1. The van der Waals surface area contributed by atoms with Crippen molar-refractivity contribution in [1.82, 2.24) is 30.8 Å². The van der Waals surface area contributed by atoms with E-state index in [4.69, 9.17) is 10.7 Å². The number of aromatic nitrogens is 2. The van der Waals surface area contributed by atoms with Crippen molar-refractivity contribution in [2.75, 3.05) is 43.8 Å². The van der Waals surface area contributed by atoms with Crippen LogP contribution in [0.15, 0.2) is 54.7 Å². The molecule has 10 nitrogen and oxygen atoms in total. The lowest BCUT2D eigenvalue weighted by molar-refractivity contribution is 0.0943. The third kappa shape index (κ3) is 7.10. The maximum atomic E-state index is 13.1. The Hall–Kier alpha value is -4.02. The predicted molar refractivity (Wildman–Crippen MR) is 152 cm³/mol. The van der Waals surface area contributed by atoms with Gasteiger partial charge in [0.05, 0.1) is 23.0 Å². The first-order chi connectivity index (χ1) is 19.0. The first-order valence-corrected chi connectivity index (χ1v) is 13.7. The monoisotopic (exact) mass is 528 g/mol. The normalized spacial score (nSPS) is 17.2. The van der Waals surface area contributed by atoms with Crippen LogP contribution in [0, 0.1) is 0 Å². The lowest BCUT2D eigenvalue weighted by atomic mass is 9.97. The Bertz CT molecular complexity index is 1270. The van der Waals surface area contributed by atoms with Gasteiger partial charge in [0, 0.05) is 37.1 Å². The number of pyridine rings is 2. The van der Waals surface area contributed by atoms with E-state index in [0.717, 1.165) is 55.1 Å². The van der Waals surface area contributed by atoms with Gasteiger partial charge in [-0.3, -0.25) is 9.78 Å². The lowest BCUT2D eigenvalue weighted by Crippen LogP contribution is -2.40. The molecule has 2 aliphatic rings. The average Bonchev–Trinajstić information content (AvgIpc) is 2.93. The van der Waals surface area contributed by atoms with E-state index in [2.05, 4.69) is 31.2 Å². The average molecular weight is 529 g/mol. The number of nitrogens with zero attached hydrogens (tertiary/aromatic N) is 3. The topological polar surface area (TPSA) is 137 Å². The molecule has 10 heteroatoms. The van der Waals surface area contributed by atoms with Gasteiger partial charge >= 0.3 is 6.03 Å². The number of hydrogen-bond donors (Lipinski definition) is 5. The number of carbonyl (C=O) groups excluding carboxylic acids is 2. The van der Waals surface area contributed by atoms with Gasteiger partial charge in [-0.15, -0.1) is 0 Å². The van der Waals surface area contributed by atoms with Crippen LogP contribution in [0.2, 0.25) is 0 Å². The van der Waals surface area contributed by atoms with Crippen molar-refractivity contribution in [2.24, 2.45) is 0 Å². The Balaban J connectivity index is 1.19. The van der Waals surface area contributed by atoms with Gasteiger partial charge in [0.15, 0.2) is 0 Å². The first kappa shape index (κ1) is 26.6. The number of urea groups is 1. The summed E-state index contributed by atoms with van der Waals surface area (Å²) in [5, 5.41) is 12.1. The molecule has 3 amide bonds. The summed E-state index contributed by atoms with van der Waals surface area (Å²) in [6.07, 6.45) is 6.37. The summed E-state index contributed by atoms with van der Waals surface area (Å²) in [7, 11) is 0. The van der Waals surface area contributed by atoms with Crippen LogP contribution in [0.25, 0.3) is 11.3 Å². The smallest absolute Gasteiger partial charge is 0.319 e. The van der Waals surface area contributed by atoms with Crippen molar-refractivity contribution in [3.8, 4) is 11.3 Å². The summed E-state index contributed by atoms with van der Waals surface area (Å²) in [4.78, 5) is 36.7. The minimum atomic E-state index is -0.313. The van der Waals surface area contributed by atoms with Gasteiger partial charge in [-0.25, -0.2) is 9.78 Å². The number of rotatable bonds is 9. The van der Waals surface area contributed by atoms with Crippen molar-refractivity contribution in [1.29, 1.82) is 0 Å². The maximum absolute atomic E-state index is 13.1. The van der Waals surface area contributed by atoms with E-state index in [1.165, 1.54) is 19.3 Å². The third-order valence-corrected chi connectivity index (χ3v) is 7.22. The van der Waals surface area contributed by atoms with Crippen LogP contribution in [-0.2, 0) is 6.54 Å². The van der Waals surface area contributed by atoms with Crippen molar-refractivity contribution in [2.45, 2.75) is 38.3 Å². The number of amides is 3. The van der Waals surface area contributed by atoms with E-state index in [9.17, 15) is 9.59 Å². The molecule has 0 saturated carbocycles. The molecule has 5 rings (SSSR count). The fourth-order valence-electron chi connectivity index (χ4n) is 4.84. The standard InChI is InChI=1S/C29H36N8O2/c30-26-11-4-20(18-33-26)19-34-29(39)35-22-7-5-21(6-8-22)24-10-9-23(27(36-24)25-12-13-31-25)28(38)32-14-17-37-15-2-1-3-16-37/h4-11,18,25,31H,1-3,12-17,19H2,(H2,30,33)(H,32,38)(H2,34,35,39). The Morgan fingerprint density at radius 1 is 1.00 bits per heavy atom. The fourth-order valence-corrected chi connectivity index (χ4v) is 4.84. The highest BCUT2D eigenvalue weighted by molar-refractivity contribution is 5.96. The number of piperidine rings is 1. The Labute approximate surface area is 228 Å². The summed E-state index contributed by atoms with van der Waals surface area (Å²) < 4.78 is 0. The van der Waals surface area contributed by atoms with E-state index in [-0.39, 0.29) is 18.0 Å². The van der Waals surface area contributed by atoms with Gasteiger partial charge in [0.25, 0.3) is 5.91 Å². The molecule has 39 heavy (non-hydrogen) atoms. The molecule has 2 fully saturated rings.